The van der Waals surface area contributed by atoms with Gasteiger partial charge in [-0.2, -0.15) is 0 Å². The van der Waals surface area contributed by atoms with Crippen molar-refractivity contribution < 1.29 is 9.53 Å². The molecule has 4 heteroatoms. The molecule has 4 nitrogen and oxygen atoms in total. The summed E-state index contributed by atoms with van der Waals surface area (Å²) >= 11 is 0. The van der Waals surface area contributed by atoms with E-state index in [1.54, 1.807) is 13.2 Å². The molecule has 0 bridgehead atoms. The molecule has 0 spiro atoms. The van der Waals surface area contributed by atoms with Gasteiger partial charge in [-0.05, 0) is 42.3 Å². The van der Waals surface area contributed by atoms with Crippen molar-refractivity contribution in [1.82, 2.24) is 0 Å². The monoisotopic (exact) mass is 270 g/mol. The first kappa shape index (κ1) is 13.9. The third-order valence-electron chi connectivity index (χ3n) is 3.24. The van der Waals surface area contributed by atoms with Gasteiger partial charge in [0.05, 0.1) is 7.11 Å². The van der Waals surface area contributed by atoms with E-state index in [0.29, 0.717) is 12.1 Å². The third kappa shape index (κ3) is 3.09. The van der Waals surface area contributed by atoms with Crippen molar-refractivity contribution in [2.24, 2.45) is 5.73 Å². The fraction of sp³-hybridized carbons (Fsp3) is 0.188. The van der Waals surface area contributed by atoms with Gasteiger partial charge in [0, 0.05) is 17.8 Å². The molecule has 0 radical (unpaired) electrons. The number of methoxy groups -OCH3 is 1. The second-order valence-corrected chi connectivity index (χ2v) is 4.54. The molecule has 0 aliphatic carbocycles. The lowest BCUT2D eigenvalue weighted by molar-refractivity contribution is 0.1000. The number of nitrogens with two attached hydrogens (primary N) is 1. The van der Waals surface area contributed by atoms with E-state index in [2.05, 4.69) is 5.32 Å². The SMILES string of the molecule is COc1ccc(CNc2cccc(C(N)=O)c2C)cc1. The zero-order chi connectivity index (χ0) is 14.5. The fourth-order valence-electron chi connectivity index (χ4n) is 2.03. The highest BCUT2D eigenvalue weighted by atomic mass is 16.5. The van der Waals surface area contributed by atoms with Crippen LogP contribution in [0.5, 0.6) is 5.75 Å². The van der Waals surface area contributed by atoms with E-state index < -0.39 is 5.91 Å². The molecular formula is C16H18N2O2. The maximum absolute atomic E-state index is 11.3. The number of ether oxygens (including phenoxy) is 1. The van der Waals surface area contributed by atoms with Crippen molar-refractivity contribution in [2.45, 2.75) is 13.5 Å². The Morgan fingerprint density at radius 3 is 2.50 bits per heavy atom. The summed E-state index contributed by atoms with van der Waals surface area (Å²) in [5, 5.41) is 3.31. The highest BCUT2D eigenvalue weighted by molar-refractivity contribution is 5.95. The highest BCUT2D eigenvalue weighted by Gasteiger charge is 2.07. The van der Waals surface area contributed by atoms with Crippen molar-refractivity contribution in [3.05, 3.63) is 59.2 Å². The van der Waals surface area contributed by atoms with Gasteiger partial charge < -0.3 is 15.8 Å². The largest absolute Gasteiger partial charge is 0.497 e. The number of benzene rings is 2. The van der Waals surface area contributed by atoms with Crippen LogP contribution in [0, 0.1) is 6.92 Å². The lowest BCUT2D eigenvalue weighted by atomic mass is 10.1. The molecule has 0 aliphatic heterocycles. The second kappa shape index (κ2) is 6.10. The van der Waals surface area contributed by atoms with Gasteiger partial charge in [-0.25, -0.2) is 0 Å². The third-order valence-corrected chi connectivity index (χ3v) is 3.24. The van der Waals surface area contributed by atoms with Gasteiger partial charge in [0.2, 0.25) is 5.91 Å². The normalized spacial score (nSPS) is 10.1. The van der Waals surface area contributed by atoms with Gasteiger partial charge in [-0.1, -0.05) is 18.2 Å². The number of hydrogen-bond acceptors (Lipinski definition) is 3. The van der Waals surface area contributed by atoms with Crippen LogP contribution in [0.3, 0.4) is 0 Å². The molecule has 0 heterocycles. The minimum atomic E-state index is -0.407. The molecule has 0 unspecified atom stereocenters. The van der Waals surface area contributed by atoms with Gasteiger partial charge in [0.15, 0.2) is 0 Å². The molecule has 0 aliphatic rings. The summed E-state index contributed by atoms with van der Waals surface area (Å²) in [4.78, 5) is 11.3. The quantitative estimate of drug-likeness (QED) is 0.878. The van der Waals surface area contributed by atoms with Gasteiger partial charge in [-0.3, -0.25) is 4.79 Å². The van der Waals surface area contributed by atoms with Gasteiger partial charge in [0.1, 0.15) is 5.75 Å². The Kier molecular flexibility index (Phi) is 4.25. The van der Waals surface area contributed by atoms with Crippen LogP contribution < -0.4 is 15.8 Å². The summed E-state index contributed by atoms with van der Waals surface area (Å²) in [5.41, 5.74) is 8.81. The molecule has 2 rings (SSSR count). The van der Waals surface area contributed by atoms with E-state index in [1.807, 2.05) is 43.3 Å². The number of nitrogens with one attached hydrogen (secondary N) is 1. The lowest BCUT2D eigenvalue weighted by Gasteiger charge is -2.12. The van der Waals surface area contributed by atoms with Crippen LogP contribution in [-0.4, -0.2) is 13.0 Å². The summed E-state index contributed by atoms with van der Waals surface area (Å²) in [6.07, 6.45) is 0. The number of carbonyl (C=O) groups is 1. The molecule has 20 heavy (non-hydrogen) atoms. The van der Waals surface area contributed by atoms with Crippen LogP contribution in [-0.2, 0) is 6.54 Å². The maximum Gasteiger partial charge on any atom is 0.249 e. The molecule has 0 saturated carbocycles. The standard InChI is InChI=1S/C16H18N2O2/c1-11-14(16(17)19)4-3-5-15(11)18-10-12-6-8-13(20-2)9-7-12/h3-9,18H,10H2,1-2H3,(H2,17,19). The molecule has 2 aromatic rings. The first-order valence-electron chi connectivity index (χ1n) is 6.38. The van der Waals surface area contributed by atoms with E-state index >= 15 is 0 Å². The summed E-state index contributed by atoms with van der Waals surface area (Å²) in [6.45, 7) is 2.56. The molecule has 0 atom stereocenters. The van der Waals surface area contributed by atoms with Crippen LogP contribution in [0.2, 0.25) is 0 Å². The minimum Gasteiger partial charge on any atom is -0.497 e. The van der Waals surface area contributed by atoms with Crippen molar-refractivity contribution in [1.29, 1.82) is 0 Å². The molecule has 0 fully saturated rings. The number of rotatable bonds is 5. The predicted molar refractivity (Wildman–Crippen MR) is 80.0 cm³/mol. The van der Waals surface area contributed by atoms with Gasteiger partial charge in [-0.15, -0.1) is 0 Å². The Morgan fingerprint density at radius 2 is 1.90 bits per heavy atom. The summed E-state index contributed by atoms with van der Waals surface area (Å²) in [7, 11) is 1.64. The average molecular weight is 270 g/mol. The Morgan fingerprint density at radius 1 is 1.20 bits per heavy atom. The van der Waals surface area contributed by atoms with Crippen molar-refractivity contribution >= 4 is 11.6 Å². The summed E-state index contributed by atoms with van der Waals surface area (Å²) in [6, 6.07) is 13.3. The molecule has 3 N–H and O–H groups in total. The van der Waals surface area contributed by atoms with Gasteiger partial charge in [0.25, 0.3) is 0 Å². The van der Waals surface area contributed by atoms with E-state index in [0.717, 1.165) is 22.6 Å². The van der Waals surface area contributed by atoms with Crippen molar-refractivity contribution in [3.63, 3.8) is 0 Å². The molecular weight excluding hydrogens is 252 g/mol. The first-order chi connectivity index (χ1) is 9.61. The highest BCUT2D eigenvalue weighted by Crippen LogP contribution is 2.20. The van der Waals surface area contributed by atoms with Gasteiger partial charge >= 0.3 is 0 Å². The van der Waals surface area contributed by atoms with Crippen molar-refractivity contribution in [2.75, 3.05) is 12.4 Å². The summed E-state index contributed by atoms with van der Waals surface area (Å²) < 4.78 is 5.12. The fourth-order valence-corrected chi connectivity index (χ4v) is 2.03. The molecule has 104 valence electrons. The zero-order valence-corrected chi connectivity index (χ0v) is 11.6. The minimum absolute atomic E-state index is 0.407. The number of primary amides is 1. The smallest absolute Gasteiger partial charge is 0.249 e. The van der Waals surface area contributed by atoms with E-state index in [-0.39, 0.29) is 0 Å². The number of hydrogen-bond donors (Lipinski definition) is 2. The summed E-state index contributed by atoms with van der Waals surface area (Å²) in [5.74, 6) is 0.427. The van der Waals surface area contributed by atoms with E-state index in [9.17, 15) is 4.79 Å². The predicted octanol–water partition coefficient (Wildman–Crippen LogP) is 2.71. The first-order valence-corrected chi connectivity index (χ1v) is 6.38. The zero-order valence-electron chi connectivity index (χ0n) is 11.6. The molecule has 0 aromatic heterocycles. The molecule has 0 saturated heterocycles. The Hall–Kier alpha value is -2.49. The van der Waals surface area contributed by atoms with Crippen LogP contribution in [0.15, 0.2) is 42.5 Å². The number of carbonyl (C=O) groups excluding carboxylic acids is 1. The van der Waals surface area contributed by atoms with Crippen LogP contribution in [0.1, 0.15) is 21.5 Å². The topological polar surface area (TPSA) is 64.3 Å². The Balaban J connectivity index is 2.10. The Labute approximate surface area is 118 Å². The van der Waals surface area contributed by atoms with Crippen molar-refractivity contribution in [3.8, 4) is 5.75 Å². The molecule has 2 aromatic carbocycles. The number of amides is 1. The Bertz CT molecular complexity index is 606. The van der Waals surface area contributed by atoms with Crippen LogP contribution in [0.4, 0.5) is 5.69 Å². The van der Waals surface area contributed by atoms with Crippen LogP contribution >= 0.6 is 0 Å². The number of anilines is 1. The van der Waals surface area contributed by atoms with E-state index in [4.69, 9.17) is 10.5 Å². The maximum atomic E-state index is 11.3. The lowest BCUT2D eigenvalue weighted by Crippen LogP contribution is -2.13. The van der Waals surface area contributed by atoms with E-state index in [1.165, 1.54) is 0 Å². The average Bonchev–Trinajstić information content (AvgIpc) is 2.46. The van der Waals surface area contributed by atoms with Crippen LogP contribution in [0.25, 0.3) is 0 Å². The molecule has 1 amide bonds. The second-order valence-electron chi connectivity index (χ2n) is 4.54.